The molecule has 4 heteroatoms. The van der Waals surface area contributed by atoms with Crippen LogP contribution in [0.3, 0.4) is 0 Å². The number of carbonyl (C=O) groups is 1. The molecule has 0 bridgehead atoms. The quantitative estimate of drug-likeness (QED) is 0.695. The Labute approximate surface area is 104 Å². The number of ether oxygens (including phenoxy) is 1. The third-order valence-electron chi connectivity index (χ3n) is 3.59. The van der Waals surface area contributed by atoms with Gasteiger partial charge in [0.2, 0.25) is 0 Å². The largest absolute Gasteiger partial charge is 0.481 e. The first-order valence-corrected chi connectivity index (χ1v) is 6.68. The molecule has 1 aliphatic rings. The second-order valence-electron chi connectivity index (χ2n) is 4.91. The Morgan fingerprint density at radius 2 is 2.24 bits per heavy atom. The molecule has 1 heterocycles. The monoisotopic (exact) mass is 243 g/mol. The van der Waals surface area contributed by atoms with E-state index in [0.29, 0.717) is 13.2 Å². The van der Waals surface area contributed by atoms with Gasteiger partial charge in [-0.15, -0.1) is 0 Å². The lowest BCUT2D eigenvalue weighted by Crippen LogP contribution is -2.48. The van der Waals surface area contributed by atoms with Gasteiger partial charge in [-0.3, -0.25) is 9.69 Å². The van der Waals surface area contributed by atoms with Crippen molar-refractivity contribution in [2.24, 2.45) is 5.41 Å². The number of likely N-dealkylation sites (tertiary alicyclic amines) is 1. The maximum absolute atomic E-state index is 11.5. The maximum Gasteiger partial charge on any atom is 0.310 e. The summed E-state index contributed by atoms with van der Waals surface area (Å²) in [5, 5.41) is 9.45. The van der Waals surface area contributed by atoms with E-state index in [1.54, 1.807) is 0 Å². The summed E-state index contributed by atoms with van der Waals surface area (Å²) in [5.74, 6) is -0.625. The molecule has 1 atom stereocenters. The zero-order chi connectivity index (χ0) is 12.7. The van der Waals surface area contributed by atoms with Gasteiger partial charge in [0.1, 0.15) is 0 Å². The standard InChI is InChI=1S/C13H25NO3/c1-3-6-13(12(15)16)7-5-8-14(11-13)9-10-17-4-2/h3-11H2,1-2H3,(H,15,16). The number of nitrogens with zero attached hydrogens (tertiary/aromatic N) is 1. The fraction of sp³-hybridized carbons (Fsp3) is 0.923. The highest BCUT2D eigenvalue weighted by molar-refractivity contribution is 5.75. The highest BCUT2D eigenvalue weighted by Crippen LogP contribution is 2.34. The van der Waals surface area contributed by atoms with E-state index >= 15 is 0 Å². The van der Waals surface area contributed by atoms with Crippen molar-refractivity contribution in [1.82, 2.24) is 4.90 Å². The van der Waals surface area contributed by atoms with Crippen LogP contribution in [-0.2, 0) is 9.53 Å². The molecule has 0 aliphatic carbocycles. The first-order valence-electron chi connectivity index (χ1n) is 6.68. The van der Waals surface area contributed by atoms with Crippen LogP contribution >= 0.6 is 0 Å². The lowest BCUT2D eigenvalue weighted by atomic mass is 9.76. The summed E-state index contributed by atoms with van der Waals surface area (Å²) in [4.78, 5) is 13.7. The summed E-state index contributed by atoms with van der Waals surface area (Å²) in [6.45, 7) is 8.02. The molecule has 0 radical (unpaired) electrons. The fourth-order valence-electron chi connectivity index (χ4n) is 2.72. The van der Waals surface area contributed by atoms with Crippen molar-refractivity contribution in [1.29, 1.82) is 0 Å². The van der Waals surface area contributed by atoms with Crippen LogP contribution in [0, 0.1) is 5.41 Å². The van der Waals surface area contributed by atoms with Crippen molar-refractivity contribution >= 4 is 5.97 Å². The Hall–Kier alpha value is -0.610. The molecule has 1 aliphatic heterocycles. The Kier molecular flexibility index (Phi) is 5.92. The second-order valence-corrected chi connectivity index (χ2v) is 4.91. The summed E-state index contributed by atoms with van der Waals surface area (Å²) < 4.78 is 5.34. The topological polar surface area (TPSA) is 49.8 Å². The maximum atomic E-state index is 11.5. The minimum atomic E-state index is -0.625. The predicted molar refractivity (Wildman–Crippen MR) is 67.1 cm³/mol. The van der Waals surface area contributed by atoms with Crippen LogP contribution < -0.4 is 0 Å². The van der Waals surface area contributed by atoms with E-state index in [1.165, 1.54) is 0 Å². The Morgan fingerprint density at radius 3 is 2.82 bits per heavy atom. The van der Waals surface area contributed by atoms with Gasteiger partial charge >= 0.3 is 5.97 Å². The average Bonchev–Trinajstić information content (AvgIpc) is 2.30. The molecule has 0 amide bonds. The first-order chi connectivity index (χ1) is 8.14. The lowest BCUT2D eigenvalue weighted by Gasteiger charge is -2.39. The number of carboxylic acid groups (broad SMARTS) is 1. The molecule has 1 saturated heterocycles. The first kappa shape index (κ1) is 14.5. The molecule has 0 aromatic carbocycles. The van der Waals surface area contributed by atoms with Gasteiger partial charge in [-0.25, -0.2) is 0 Å². The van der Waals surface area contributed by atoms with Crippen molar-refractivity contribution in [3.8, 4) is 0 Å². The van der Waals surface area contributed by atoms with Crippen molar-refractivity contribution in [3.63, 3.8) is 0 Å². The highest BCUT2D eigenvalue weighted by atomic mass is 16.5. The van der Waals surface area contributed by atoms with Gasteiger partial charge in [0.05, 0.1) is 12.0 Å². The number of aliphatic carboxylic acids is 1. The Morgan fingerprint density at radius 1 is 1.47 bits per heavy atom. The van der Waals surface area contributed by atoms with Crippen LogP contribution in [-0.4, -0.2) is 48.8 Å². The molecule has 4 nitrogen and oxygen atoms in total. The summed E-state index contributed by atoms with van der Waals surface area (Å²) in [5.41, 5.74) is -0.515. The Bertz CT molecular complexity index is 241. The van der Waals surface area contributed by atoms with E-state index in [4.69, 9.17) is 4.74 Å². The summed E-state index contributed by atoms with van der Waals surface area (Å²) in [6, 6.07) is 0. The molecule has 0 aromatic heterocycles. The van der Waals surface area contributed by atoms with E-state index in [9.17, 15) is 9.90 Å². The van der Waals surface area contributed by atoms with Gasteiger partial charge < -0.3 is 9.84 Å². The number of piperidine rings is 1. The van der Waals surface area contributed by atoms with Crippen LogP contribution in [0.2, 0.25) is 0 Å². The van der Waals surface area contributed by atoms with Gasteiger partial charge in [0.15, 0.2) is 0 Å². The molecular weight excluding hydrogens is 218 g/mol. The van der Waals surface area contributed by atoms with Crippen LogP contribution in [0.4, 0.5) is 0 Å². The van der Waals surface area contributed by atoms with Crippen LogP contribution in [0.1, 0.15) is 39.5 Å². The zero-order valence-electron chi connectivity index (χ0n) is 11.1. The van der Waals surface area contributed by atoms with E-state index in [2.05, 4.69) is 11.8 Å². The molecule has 0 aromatic rings. The van der Waals surface area contributed by atoms with Crippen molar-refractivity contribution < 1.29 is 14.6 Å². The number of carboxylic acids is 1. The predicted octanol–water partition coefficient (Wildman–Crippen LogP) is 1.99. The van der Waals surface area contributed by atoms with Crippen molar-refractivity contribution in [2.75, 3.05) is 32.8 Å². The van der Waals surface area contributed by atoms with Gasteiger partial charge in [-0.05, 0) is 32.7 Å². The average molecular weight is 243 g/mol. The van der Waals surface area contributed by atoms with Crippen molar-refractivity contribution in [2.45, 2.75) is 39.5 Å². The molecule has 1 fully saturated rings. The normalized spacial score (nSPS) is 26.0. The van der Waals surface area contributed by atoms with E-state index in [1.807, 2.05) is 6.92 Å². The second kappa shape index (κ2) is 6.97. The molecular formula is C13H25NO3. The molecule has 0 saturated carbocycles. The third kappa shape index (κ3) is 3.96. The molecule has 17 heavy (non-hydrogen) atoms. The van der Waals surface area contributed by atoms with E-state index in [0.717, 1.165) is 45.4 Å². The van der Waals surface area contributed by atoms with Crippen molar-refractivity contribution in [3.05, 3.63) is 0 Å². The van der Waals surface area contributed by atoms with Gasteiger partial charge in [0.25, 0.3) is 0 Å². The van der Waals surface area contributed by atoms with Gasteiger partial charge in [0, 0.05) is 19.7 Å². The summed E-state index contributed by atoms with van der Waals surface area (Å²) >= 11 is 0. The lowest BCUT2D eigenvalue weighted by molar-refractivity contribution is -0.153. The number of hydrogen-bond donors (Lipinski definition) is 1. The molecule has 1 rings (SSSR count). The fourth-order valence-corrected chi connectivity index (χ4v) is 2.72. The van der Waals surface area contributed by atoms with E-state index < -0.39 is 11.4 Å². The summed E-state index contributed by atoms with van der Waals surface area (Å²) in [6.07, 6.45) is 3.53. The number of rotatable bonds is 7. The van der Waals surface area contributed by atoms with Gasteiger partial charge in [-0.2, -0.15) is 0 Å². The molecule has 100 valence electrons. The summed E-state index contributed by atoms with van der Waals surface area (Å²) in [7, 11) is 0. The third-order valence-corrected chi connectivity index (χ3v) is 3.59. The SMILES string of the molecule is CCCC1(C(=O)O)CCCN(CCOCC)C1. The van der Waals surface area contributed by atoms with Gasteiger partial charge in [-0.1, -0.05) is 13.3 Å². The van der Waals surface area contributed by atoms with Crippen LogP contribution in [0.25, 0.3) is 0 Å². The zero-order valence-corrected chi connectivity index (χ0v) is 11.1. The molecule has 1 N–H and O–H groups in total. The Balaban J connectivity index is 2.52. The van der Waals surface area contributed by atoms with Crippen LogP contribution in [0.15, 0.2) is 0 Å². The highest BCUT2D eigenvalue weighted by Gasteiger charge is 2.41. The molecule has 0 spiro atoms. The smallest absolute Gasteiger partial charge is 0.310 e. The minimum absolute atomic E-state index is 0.515. The van der Waals surface area contributed by atoms with E-state index in [-0.39, 0.29) is 0 Å². The minimum Gasteiger partial charge on any atom is -0.481 e. The van der Waals surface area contributed by atoms with Crippen LogP contribution in [0.5, 0.6) is 0 Å². The molecule has 1 unspecified atom stereocenters. The number of hydrogen-bond acceptors (Lipinski definition) is 3.